The first-order valence-electron chi connectivity index (χ1n) is 5.81. The molecule has 1 aromatic carbocycles. The van der Waals surface area contributed by atoms with E-state index in [9.17, 15) is 0 Å². The Bertz CT molecular complexity index is 300. The lowest BCUT2D eigenvalue weighted by Gasteiger charge is -2.00. The van der Waals surface area contributed by atoms with E-state index in [4.69, 9.17) is 4.74 Å². The van der Waals surface area contributed by atoms with Gasteiger partial charge in [0.25, 0.3) is 0 Å². The average molecular weight is 216 g/mol. The van der Waals surface area contributed by atoms with Gasteiger partial charge in [-0.05, 0) is 24.8 Å². The lowest BCUT2D eigenvalue weighted by molar-refractivity contribution is 0.148. The van der Waals surface area contributed by atoms with Crippen molar-refractivity contribution in [3.05, 3.63) is 60.7 Å². The highest BCUT2D eigenvalue weighted by atomic mass is 16.5. The third-order valence-electron chi connectivity index (χ3n) is 2.27. The number of unbranched alkanes of at least 4 members (excludes halogenated alkanes) is 2. The van der Waals surface area contributed by atoms with Gasteiger partial charge in [0.2, 0.25) is 0 Å². The normalized spacial score (nSPS) is 10.8. The van der Waals surface area contributed by atoms with Gasteiger partial charge in [0.15, 0.2) is 0 Å². The van der Waals surface area contributed by atoms with Crippen molar-refractivity contribution in [3.8, 4) is 0 Å². The predicted octanol–water partition coefficient (Wildman–Crippen LogP) is 4.12. The second-order valence-electron chi connectivity index (χ2n) is 3.69. The fourth-order valence-electron chi connectivity index (χ4n) is 1.38. The van der Waals surface area contributed by atoms with E-state index < -0.39 is 0 Å². The number of rotatable bonds is 8. The lowest BCUT2D eigenvalue weighted by Crippen LogP contribution is -1.91. The van der Waals surface area contributed by atoms with Crippen LogP contribution in [0.4, 0.5) is 0 Å². The first-order chi connectivity index (χ1) is 7.93. The van der Waals surface area contributed by atoms with Crippen LogP contribution in [-0.4, -0.2) is 6.61 Å². The summed E-state index contributed by atoms with van der Waals surface area (Å²) in [5.74, 6) is 0. The molecule has 1 nitrogen and oxygen atoms in total. The van der Waals surface area contributed by atoms with Crippen LogP contribution < -0.4 is 0 Å². The molecule has 0 unspecified atom stereocenters. The number of hydrogen-bond acceptors (Lipinski definition) is 1. The Labute approximate surface area is 98.5 Å². The second-order valence-corrected chi connectivity index (χ2v) is 3.69. The van der Waals surface area contributed by atoms with Gasteiger partial charge >= 0.3 is 0 Å². The zero-order chi connectivity index (χ0) is 11.5. The molecule has 0 radical (unpaired) electrons. The number of benzene rings is 1. The van der Waals surface area contributed by atoms with Crippen LogP contribution >= 0.6 is 0 Å². The molecule has 1 rings (SSSR count). The fraction of sp³-hybridized carbons (Fsp3) is 0.333. The van der Waals surface area contributed by atoms with Gasteiger partial charge in [-0.15, -0.1) is 6.58 Å². The highest BCUT2D eigenvalue weighted by Gasteiger charge is 1.88. The Morgan fingerprint density at radius 2 is 1.88 bits per heavy atom. The zero-order valence-electron chi connectivity index (χ0n) is 9.77. The monoisotopic (exact) mass is 216 g/mol. The van der Waals surface area contributed by atoms with Crippen molar-refractivity contribution in [1.29, 1.82) is 0 Å². The van der Waals surface area contributed by atoms with Gasteiger partial charge in [-0.3, -0.25) is 0 Å². The van der Waals surface area contributed by atoms with Crippen LogP contribution in [0.15, 0.2) is 55.1 Å². The molecule has 0 N–H and O–H groups in total. The molecular formula is C15H20O. The largest absolute Gasteiger partial charge is 0.373 e. The van der Waals surface area contributed by atoms with Gasteiger partial charge in [-0.1, -0.05) is 48.6 Å². The highest BCUT2D eigenvalue weighted by molar-refractivity contribution is 5.13. The Balaban J connectivity index is 2.01. The molecule has 1 aromatic rings. The van der Waals surface area contributed by atoms with E-state index in [0.29, 0.717) is 13.2 Å². The van der Waals surface area contributed by atoms with Crippen molar-refractivity contribution in [2.75, 3.05) is 6.61 Å². The second kappa shape index (κ2) is 8.93. The molecule has 0 aliphatic rings. The van der Waals surface area contributed by atoms with E-state index in [1.807, 2.05) is 24.3 Å². The summed E-state index contributed by atoms with van der Waals surface area (Å²) in [6.45, 7) is 5.08. The van der Waals surface area contributed by atoms with Crippen LogP contribution in [0.1, 0.15) is 24.8 Å². The maximum absolute atomic E-state index is 5.52. The molecule has 0 atom stereocenters. The van der Waals surface area contributed by atoms with E-state index in [2.05, 4.69) is 30.9 Å². The quantitative estimate of drug-likeness (QED) is 0.469. The molecule has 0 saturated heterocycles. The van der Waals surface area contributed by atoms with E-state index >= 15 is 0 Å². The van der Waals surface area contributed by atoms with Crippen LogP contribution in [0, 0.1) is 0 Å². The summed E-state index contributed by atoms with van der Waals surface area (Å²) in [6, 6.07) is 10.2. The summed E-state index contributed by atoms with van der Waals surface area (Å²) < 4.78 is 5.52. The minimum absolute atomic E-state index is 0.692. The average Bonchev–Trinajstić information content (AvgIpc) is 2.34. The Morgan fingerprint density at radius 3 is 2.62 bits per heavy atom. The molecule has 0 aromatic heterocycles. The summed E-state index contributed by atoms with van der Waals surface area (Å²) >= 11 is 0. The third kappa shape index (κ3) is 6.20. The molecule has 0 aliphatic heterocycles. The van der Waals surface area contributed by atoms with Crippen molar-refractivity contribution < 1.29 is 4.74 Å². The molecule has 0 fully saturated rings. The van der Waals surface area contributed by atoms with Gasteiger partial charge in [-0.25, -0.2) is 0 Å². The first kappa shape index (κ1) is 12.7. The van der Waals surface area contributed by atoms with E-state index in [-0.39, 0.29) is 0 Å². The third-order valence-corrected chi connectivity index (χ3v) is 2.27. The van der Waals surface area contributed by atoms with Crippen molar-refractivity contribution in [2.24, 2.45) is 0 Å². The summed E-state index contributed by atoms with van der Waals surface area (Å²) in [5.41, 5.74) is 1.22. The van der Waals surface area contributed by atoms with Crippen molar-refractivity contribution in [1.82, 2.24) is 0 Å². The zero-order valence-corrected chi connectivity index (χ0v) is 9.77. The van der Waals surface area contributed by atoms with E-state index in [0.717, 1.165) is 12.8 Å². The number of ether oxygens (including phenoxy) is 1. The lowest BCUT2D eigenvalue weighted by atomic mass is 10.2. The van der Waals surface area contributed by atoms with Crippen LogP contribution in [0.2, 0.25) is 0 Å². The fourth-order valence-corrected chi connectivity index (χ4v) is 1.38. The minimum atomic E-state index is 0.692. The Kier molecular flexibility index (Phi) is 7.10. The molecule has 0 saturated carbocycles. The smallest absolute Gasteiger partial charge is 0.0721 e. The van der Waals surface area contributed by atoms with Crippen LogP contribution in [-0.2, 0) is 11.3 Å². The molecule has 86 valence electrons. The summed E-state index contributed by atoms with van der Waals surface area (Å²) in [5, 5.41) is 0. The van der Waals surface area contributed by atoms with Gasteiger partial charge in [0, 0.05) is 0 Å². The molecule has 0 amide bonds. The molecule has 1 heteroatoms. The first-order valence-corrected chi connectivity index (χ1v) is 5.81. The summed E-state index contributed by atoms with van der Waals surface area (Å²) in [7, 11) is 0. The maximum Gasteiger partial charge on any atom is 0.0721 e. The van der Waals surface area contributed by atoms with Gasteiger partial charge in [0.1, 0.15) is 0 Å². The van der Waals surface area contributed by atoms with Gasteiger partial charge in [0.05, 0.1) is 13.2 Å². The minimum Gasteiger partial charge on any atom is -0.373 e. The van der Waals surface area contributed by atoms with Crippen molar-refractivity contribution >= 4 is 0 Å². The summed E-state index contributed by atoms with van der Waals surface area (Å²) in [4.78, 5) is 0. The maximum atomic E-state index is 5.52. The van der Waals surface area contributed by atoms with Crippen molar-refractivity contribution in [2.45, 2.75) is 25.9 Å². The van der Waals surface area contributed by atoms with Crippen LogP contribution in [0.5, 0.6) is 0 Å². The molecule has 0 spiro atoms. The van der Waals surface area contributed by atoms with E-state index in [1.165, 1.54) is 12.0 Å². The summed E-state index contributed by atoms with van der Waals surface area (Å²) in [6.07, 6.45) is 9.61. The van der Waals surface area contributed by atoms with Gasteiger partial charge in [-0.2, -0.15) is 0 Å². The molecule has 0 aliphatic carbocycles. The number of hydrogen-bond donors (Lipinski definition) is 0. The predicted molar refractivity (Wildman–Crippen MR) is 69.3 cm³/mol. The van der Waals surface area contributed by atoms with E-state index in [1.54, 1.807) is 0 Å². The topological polar surface area (TPSA) is 9.23 Å². The molecule has 0 bridgehead atoms. The van der Waals surface area contributed by atoms with Crippen LogP contribution in [0.3, 0.4) is 0 Å². The SMILES string of the molecule is C=CCCCC=CCOCc1ccccc1. The molecule has 16 heavy (non-hydrogen) atoms. The van der Waals surface area contributed by atoms with Crippen LogP contribution in [0.25, 0.3) is 0 Å². The standard InChI is InChI=1S/C15H20O/c1-2-3-4-5-6-10-13-16-14-15-11-8-7-9-12-15/h2,6-12H,1,3-5,13-14H2. The highest BCUT2D eigenvalue weighted by Crippen LogP contribution is 2.01. The Morgan fingerprint density at radius 1 is 1.06 bits per heavy atom. The van der Waals surface area contributed by atoms with Gasteiger partial charge < -0.3 is 4.74 Å². The van der Waals surface area contributed by atoms with Crippen molar-refractivity contribution in [3.63, 3.8) is 0 Å². The molecule has 0 heterocycles. The number of allylic oxidation sites excluding steroid dienone is 2. The Hall–Kier alpha value is -1.34. The molecular weight excluding hydrogens is 196 g/mol.